The van der Waals surface area contributed by atoms with Crippen LogP contribution in [0.2, 0.25) is 0 Å². The summed E-state index contributed by atoms with van der Waals surface area (Å²) in [6.45, 7) is 4.08. The van der Waals surface area contributed by atoms with Crippen LogP contribution in [0.5, 0.6) is 0 Å². The Balaban J connectivity index is 1.60. The van der Waals surface area contributed by atoms with Gasteiger partial charge < -0.3 is 15.2 Å². The SMILES string of the molecule is Cc1cc(NC(=O)c2nc(C(=O)NCc3ccccc3C)n3ccccc23)no1. The van der Waals surface area contributed by atoms with Gasteiger partial charge in [-0.25, -0.2) is 4.98 Å². The molecule has 3 aromatic heterocycles. The Kier molecular flexibility index (Phi) is 4.82. The zero-order valence-corrected chi connectivity index (χ0v) is 16.0. The number of fused-ring (bicyclic) bond motifs is 1. The van der Waals surface area contributed by atoms with Gasteiger partial charge in [0, 0.05) is 18.8 Å². The Morgan fingerprint density at radius 2 is 1.86 bits per heavy atom. The van der Waals surface area contributed by atoms with Crippen LogP contribution in [0.1, 0.15) is 38.0 Å². The fourth-order valence-electron chi connectivity index (χ4n) is 3.03. The predicted molar refractivity (Wildman–Crippen MR) is 107 cm³/mol. The molecule has 0 aliphatic rings. The molecule has 0 aliphatic heterocycles. The number of carbonyl (C=O) groups is 2. The largest absolute Gasteiger partial charge is 0.360 e. The van der Waals surface area contributed by atoms with Gasteiger partial charge in [-0.15, -0.1) is 0 Å². The second kappa shape index (κ2) is 7.59. The number of hydrogen-bond acceptors (Lipinski definition) is 5. The summed E-state index contributed by atoms with van der Waals surface area (Å²) in [5, 5.41) is 9.26. The Hall–Kier alpha value is -3.94. The molecule has 2 N–H and O–H groups in total. The van der Waals surface area contributed by atoms with Gasteiger partial charge in [0.15, 0.2) is 11.5 Å². The van der Waals surface area contributed by atoms with Gasteiger partial charge in [-0.3, -0.25) is 14.0 Å². The Morgan fingerprint density at radius 3 is 2.62 bits per heavy atom. The quantitative estimate of drug-likeness (QED) is 0.546. The molecule has 2 amide bonds. The van der Waals surface area contributed by atoms with Crippen molar-refractivity contribution in [3.05, 3.63) is 83.1 Å². The fraction of sp³-hybridized carbons (Fsp3) is 0.143. The van der Waals surface area contributed by atoms with Crippen molar-refractivity contribution in [2.45, 2.75) is 20.4 Å². The monoisotopic (exact) mass is 389 g/mol. The zero-order chi connectivity index (χ0) is 20.4. The van der Waals surface area contributed by atoms with E-state index in [0.717, 1.165) is 11.1 Å². The lowest BCUT2D eigenvalue weighted by Gasteiger charge is -2.07. The molecule has 0 aliphatic carbocycles. The molecule has 0 spiro atoms. The molecule has 0 unspecified atom stereocenters. The number of nitrogens with one attached hydrogen (secondary N) is 2. The van der Waals surface area contributed by atoms with Crippen LogP contribution in [0.15, 0.2) is 59.3 Å². The highest BCUT2D eigenvalue weighted by Crippen LogP contribution is 2.16. The average molecular weight is 389 g/mol. The molecule has 0 saturated carbocycles. The fourth-order valence-corrected chi connectivity index (χ4v) is 3.03. The van der Waals surface area contributed by atoms with E-state index < -0.39 is 5.91 Å². The number of nitrogens with zero attached hydrogens (tertiary/aromatic N) is 3. The van der Waals surface area contributed by atoms with Crippen molar-refractivity contribution >= 4 is 23.1 Å². The molecule has 4 aromatic rings. The van der Waals surface area contributed by atoms with E-state index in [4.69, 9.17) is 4.52 Å². The molecule has 0 fully saturated rings. The lowest BCUT2D eigenvalue weighted by molar-refractivity contribution is 0.0940. The first-order valence-corrected chi connectivity index (χ1v) is 9.07. The molecule has 29 heavy (non-hydrogen) atoms. The van der Waals surface area contributed by atoms with Gasteiger partial charge in [0.25, 0.3) is 11.8 Å². The molecule has 1 aromatic carbocycles. The second-order valence-corrected chi connectivity index (χ2v) is 6.63. The van der Waals surface area contributed by atoms with Crippen molar-refractivity contribution in [3.63, 3.8) is 0 Å². The third-order valence-corrected chi connectivity index (χ3v) is 4.54. The van der Waals surface area contributed by atoms with Gasteiger partial charge in [-0.2, -0.15) is 0 Å². The van der Waals surface area contributed by atoms with E-state index in [2.05, 4.69) is 20.8 Å². The van der Waals surface area contributed by atoms with Crippen LogP contribution >= 0.6 is 0 Å². The van der Waals surface area contributed by atoms with Crippen LogP contribution in [0.3, 0.4) is 0 Å². The molecular weight excluding hydrogens is 370 g/mol. The number of amides is 2. The van der Waals surface area contributed by atoms with Crippen molar-refractivity contribution in [1.29, 1.82) is 0 Å². The van der Waals surface area contributed by atoms with E-state index in [0.29, 0.717) is 17.8 Å². The summed E-state index contributed by atoms with van der Waals surface area (Å²) in [5.74, 6) is 0.155. The number of benzene rings is 1. The van der Waals surface area contributed by atoms with Gasteiger partial charge in [0.2, 0.25) is 5.82 Å². The Morgan fingerprint density at radius 1 is 1.07 bits per heavy atom. The first kappa shape index (κ1) is 18.4. The number of imidazole rings is 1. The van der Waals surface area contributed by atoms with Crippen molar-refractivity contribution in [2.75, 3.05) is 5.32 Å². The van der Waals surface area contributed by atoms with Gasteiger partial charge >= 0.3 is 0 Å². The standard InChI is InChI=1S/C21H19N5O3/c1-13-7-3-4-8-15(13)12-22-21(28)19-24-18(16-9-5-6-10-26(16)19)20(27)23-17-11-14(2)29-25-17/h3-11H,12H2,1-2H3,(H,22,28)(H,23,25,27). The Bertz CT molecular complexity index is 1210. The average Bonchev–Trinajstić information content (AvgIpc) is 3.30. The molecule has 0 radical (unpaired) electrons. The highest BCUT2D eigenvalue weighted by molar-refractivity contribution is 6.08. The van der Waals surface area contributed by atoms with Crippen LogP contribution in [0.25, 0.3) is 5.52 Å². The topological polar surface area (TPSA) is 102 Å². The van der Waals surface area contributed by atoms with Crippen molar-refractivity contribution in [2.24, 2.45) is 0 Å². The summed E-state index contributed by atoms with van der Waals surface area (Å²) in [6, 6.07) is 14.7. The third-order valence-electron chi connectivity index (χ3n) is 4.54. The summed E-state index contributed by atoms with van der Waals surface area (Å²) >= 11 is 0. The maximum absolute atomic E-state index is 12.8. The number of carbonyl (C=O) groups excluding carboxylic acids is 2. The summed E-state index contributed by atoms with van der Waals surface area (Å²) in [6.07, 6.45) is 1.70. The van der Waals surface area contributed by atoms with Crippen LogP contribution in [-0.4, -0.2) is 26.4 Å². The number of aromatic nitrogens is 3. The summed E-state index contributed by atoms with van der Waals surface area (Å²) < 4.78 is 6.55. The second-order valence-electron chi connectivity index (χ2n) is 6.63. The molecule has 8 nitrogen and oxygen atoms in total. The number of hydrogen-bond donors (Lipinski definition) is 2. The van der Waals surface area contributed by atoms with Crippen molar-refractivity contribution in [3.8, 4) is 0 Å². The minimum absolute atomic E-state index is 0.132. The van der Waals surface area contributed by atoms with E-state index in [1.807, 2.05) is 31.2 Å². The maximum Gasteiger partial charge on any atom is 0.287 e. The molecule has 8 heteroatoms. The van der Waals surface area contributed by atoms with Gasteiger partial charge in [-0.1, -0.05) is 35.5 Å². The highest BCUT2D eigenvalue weighted by Gasteiger charge is 2.22. The van der Waals surface area contributed by atoms with Crippen LogP contribution < -0.4 is 10.6 Å². The van der Waals surface area contributed by atoms with Crippen LogP contribution in [-0.2, 0) is 6.54 Å². The minimum Gasteiger partial charge on any atom is -0.360 e. The zero-order valence-electron chi connectivity index (χ0n) is 16.0. The maximum atomic E-state index is 12.8. The Labute approximate surface area is 166 Å². The predicted octanol–water partition coefficient (Wildman–Crippen LogP) is 3.12. The lowest BCUT2D eigenvalue weighted by atomic mass is 10.1. The smallest absolute Gasteiger partial charge is 0.287 e. The van der Waals surface area contributed by atoms with E-state index in [1.165, 1.54) is 0 Å². The van der Waals surface area contributed by atoms with Gasteiger partial charge in [0.1, 0.15) is 5.76 Å². The normalized spacial score (nSPS) is 10.8. The highest BCUT2D eigenvalue weighted by atomic mass is 16.5. The first-order chi connectivity index (χ1) is 14.0. The minimum atomic E-state index is -0.472. The van der Waals surface area contributed by atoms with Crippen molar-refractivity contribution in [1.82, 2.24) is 19.9 Å². The van der Waals surface area contributed by atoms with E-state index >= 15 is 0 Å². The number of rotatable bonds is 5. The van der Waals surface area contributed by atoms with Gasteiger partial charge in [0.05, 0.1) is 5.52 Å². The summed E-state index contributed by atoms with van der Waals surface area (Å²) in [4.78, 5) is 29.8. The molecule has 0 saturated heterocycles. The number of pyridine rings is 1. The van der Waals surface area contributed by atoms with E-state index in [-0.39, 0.29) is 23.2 Å². The molecule has 0 atom stereocenters. The molecule has 146 valence electrons. The molecule has 3 heterocycles. The number of aryl methyl sites for hydroxylation is 2. The van der Waals surface area contributed by atoms with Crippen LogP contribution in [0.4, 0.5) is 5.82 Å². The molecule has 0 bridgehead atoms. The van der Waals surface area contributed by atoms with E-state index in [1.54, 1.807) is 41.8 Å². The lowest BCUT2D eigenvalue weighted by Crippen LogP contribution is -2.25. The van der Waals surface area contributed by atoms with Crippen LogP contribution in [0, 0.1) is 13.8 Å². The van der Waals surface area contributed by atoms with Gasteiger partial charge in [-0.05, 0) is 37.1 Å². The third kappa shape index (κ3) is 3.73. The summed E-state index contributed by atoms with van der Waals surface area (Å²) in [5.41, 5.74) is 2.75. The summed E-state index contributed by atoms with van der Waals surface area (Å²) in [7, 11) is 0. The molecular formula is C21H19N5O3. The van der Waals surface area contributed by atoms with E-state index in [9.17, 15) is 9.59 Å². The molecule has 4 rings (SSSR count). The van der Waals surface area contributed by atoms with Crippen molar-refractivity contribution < 1.29 is 14.1 Å². The number of anilines is 1. The first-order valence-electron chi connectivity index (χ1n) is 9.07.